The van der Waals surface area contributed by atoms with E-state index in [0.717, 1.165) is 17.1 Å². The summed E-state index contributed by atoms with van der Waals surface area (Å²) in [5.74, 6) is 0.826. The molecule has 162 valence electrons. The summed E-state index contributed by atoms with van der Waals surface area (Å²) in [7, 11) is 3.68. The first-order chi connectivity index (χ1) is 16.2. The summed E-state index contributed by atoms with van der Waals surface area (Å²) in [6.45, 7) is 0. The van der Waals surface area contributed by atoms with Crippen LogP contribution in [0.15, 0.2) is 102 Å². The van der Waals surface area contributed by atoms with Gasteiger partial charge in [-0.05, 0) is 47.2 Å². The van der Waals surface area contributed by atoms with Gasteiger partial charge in [-0.3, -0.25) is 4.99 Å². The lowest BCUT2D eigenvalue weighted by Gasteiger charge is -2.25. The van der Waals surface area contributed by atoms with E-state index in [1.54, 1.807) is 31.5 Å². The molecule has 0 bridgehead atoms. The number of hydrogen-bond acceptors (Lipinski definition) is 4. The topological polar surface area (TPSA) is 45.1 Å². The summed E-state index contributed by atoms with van der Waals surface area (Å²) in [5.41, 5.74) is 3.51. The van der Waals surface area contributed by atoms with Gasteiger partial charge in [0.25, 0.3) is 0 Å². The summed E-state index contributed by atoms with van der Waals surface area (Å²) >= 11 is 0. The van der Waals surface area contributed by atoms with E-state index in [0.29, 0.717) is 11.3 Å². The Bertz CT molecular complexity index is 1440. The number of hydrogen-bond donors (Lipinski definition) is 1. The van der Waals surface area contributed by atoms with E-state index < -0.39 is 0 Å². The smallest absolute Gasteiger partial charge is 0.124 e. The normalized spacial score (nSPS) is 11.3. The molecule has 1 N–H and O–H groups in total. The van der Waals surface area contributed by atoms with E-state index in [1.807, 2.05) is 18.2 Å². The van der Waals surface area contributed by atoms with Crippen molar-refractivity contribution in [2.75, 3.05) is 19.1 Å². The van der Waals surface area contributed by atoms with Crippen molar-refractivity contribution in [3.05, 3.63) is 103 Å². The lowest BCUT2D eigenvalue weighted by atomic mass is 10.00. The Labute approximate surface area is 193 Å². The molecule has 0 heterocycles. The van der Waals surface area contributed by atoms with Crippen LogP contribution >= 0.6 is 0 Å². The summed E-state index contributed by atoms with van der Waals surface area (Å²) < 4.78 is 5.28. The molecule has 4 heteroatoms. The van der Waals surface area contributed by atoms with Gasteiger partial charge in [0, 0.05) is 29.6 Å². The van der Waals surface area contributed by atoms with Crippen molar-refractivity contribution >= 4 is 44.8 Å². The Balaban J connectivity index is 1.64. The molecule has 0 unspecified atom stereocenters. The van der Waals surface area contributed by atoms with E-state index in [9.17, 15) is 5.11 Å². The van der Waals surface area contributed by atoms with Crippen LogP contribution in [-0.2, 0) is 0 Å². The second-order valence-corrected chi connectivity index (χ2v) is 7.90. The van der Waals surface area contributed by atoms with Crippen LogP contribution < -0.4 is 9.64 Å². The predicted octanol–water partition coefficient (Wildman–Crippen LogP) is 7.23. The average molecular weight is 433 g/mol. The standard InChI is InChI=1S/C29H24N2O2/c1-31(29-24-11-5-3-9-20(24)17-21-10-4-6-12-25(21)29)27-14-8-7-13-26(27)30-19-22-18-23(33-2)15-16-28(22)32/h3-19,32H,1-2H3. The SMILES string of the molecule is COc1ccc(O)c(C=Nc2ccccc2N(C)c2c3ccccc3cc3ccccc23)c1. The van der Waals surface area contributed by atoms with Gasteiger partial charge >= 0.3 is 0 Å². The summed E-state index contributed by atoms with van der Waals surface area (Å²) in [4.78, 5) is 6.93. The molecule has 0 aliphatic rings. The molecule has 0 aliphatic carbocycles. The van der Waals surface area contributed by atoms with Crippen LogP contribution in [0.4, 0.5) is 17.1 Å². The van der Waals surface area contributed by atoms with E-state index in [-0.39, 0.29) is 5.75 Å². The van der Waals surface area contributed by atoms with Gasteiger partial charge in [-0.25, -0.2) is 0 Å². The molecule has 0 radical (unpaired) electrons. The minimum atomic E-state index is 0.158. The molecule has 5 aromatic rings. The number of anilines is 2. The second kappa shape index (κ2) is 8.67. The molecule has 5 rings (SSSR count). The molecule has 0 atom stereocenters. The monoisotopic (exact) mass is 432 g/mol. The van der Waals surface area contributed by atoms with Gasteiger partial charge in [0.1, 0.15) is 11.5 Å². The van der Waals surface area contributed by atoms with Crippen LogP contribution in [0.25, 0.3) is 21.5 Å². The zero-order valence-corrected chi connectivity index (χ0v) is 18.6. The number of phenolic OH excluding ortho intramolecular Hbond substituents is 1. The number of methoxy groups -OCH3 is 1. The highest BCUT2D eigenvalue weighted by molar-refractivity contribution is 6.12. The molecule has 0 aliphatic heterocycles. The fraction of sp³-hybridized carbons (Fsp3) is 0.0690. The van der Waals surface area contributed by atoms with Crippen LogP contribution in [0.5, 0.6) is 11.5 Å². The molecular formula is C29H24N2O2. The summed E-state index contributed by atoms with van der Waals surface area (Å²) in [6, 6.07) is 32.3. The number of aliphatic imine (C=N–C) groups is 1. The van der Waals surface area contributed by atoms with E-state index in [4.69, 9.17) is 9.73 Å². The van der Waals surface area contributed by atoms with E-state index in [2.05, 4.69) is 72.6 Å². The molecule has 0 amide bonds. The first-order valence-corrected chi connectivity index (χ1v) is 10.8. The fourth-order valence-corrected chi connectivity index (χ4v) is 4.23. The number of ether oxygens (including phenoxy) is 1. The number of phenols is 1. The number of rotatable bonds is 5. The summed E-state index contributed by atoms with van der Waals surface area (Å²) in [5, 5.41) is 15.0. The van der Waals surface area contributed by atoms with Gasteiger partial charge in [0.2, 0.25) is 0 Å². The average Bonchev–Trinajstić information content (AvgIpc) is 2.86. The van der Waals surface area contributed by atoms with Gasteiger partial charge in [-0.1, -0.05) is 60.7 Å². The zero-order valence-electron chi connectivity index (χ0n) is 18.6. The molecule has 4 nitrogen and oxygen atoms in total. The third-order valence-corrected chi connectivity index (χ3v) is 5.90. The van der Waals surface area contributed by atoms with Crippen molar-refractivity contribution in [3.8, 4) is 11.5 Å². The molecule has 0 saturated heterocycles. The second-order valence-electron chi connectivity index (χ2n) is 7.90. The van der Waals surface area contributed by atoms with Gasteiger partial charge in [-0.2, -0.15) is 0 Å². The molecule has 5 aromatic carbocycles. The van der Waals surface area contributed by atoms with Crippen molar-refractivity contribution in [2.24, 2.45) is 4.99 Å². The Morgan fingerprint density at radius 2 is 1.42 bits per heavy atom. The lowest BCUT2D eigenvalue weighted by molar-refractivity contribution is 0.412. The van der Waals surface area contributed by atoms with Gasteiger partial charge in [0.15, 0.2) is 0 Å². The maximum absolute atomic E-state index is 10.2. The first-order valence-electron chi connectivity index (χ1n) is 10.8. The maximum atomic E-state index is 10.2. The number of benzene rings is 5. The number of fused-ring (bicyclic) bond motifs is 2. The van der Waals surface area contributed by atoms with Crippen LogP contribution in [0.1, 0.15) is 5.56 Å². The number of para-hydroxylation sites is 2. The highest BCUT2D eigenvalue weighted by Crippen LogP contribution is 2.41. The van der Waals surface area contributed by atoms with Crippen molar-refractivity contribution < 1.29 is 9.84 Å². The van der Waals surface area contributed by atoms with Gasteiger partial charge < -0.3 is 14.7 Å². The predicted molar refractivity (Wildman–Crippen MR) is 138 cm³/mol. The quantitative estimate of drug-likeness (QED) is 0.235. The van der Waals surface area contributed by atoms with Crippen molar-refractivity contribution in [3.63, 3.8) is 0 Å². The largest absolute Gasteiger partial charge is 0.507 e. The Morgan fingerprint density at radius 3 is 2.12 bits per heavy atom. The lowest BCUT2D eigenvalue weighted by Crippen LogP contribution is -2.11. The first kappa shape index (κ1) is 20.6. The van der Waals surface area contributed by atoms with Crippen molar-refractivity contribution in [2.45, 2.75) is 0 Å². The summed E-state index contributed by atoms with van der Waals surface area (Å²) in [6.07, 6.45) is 1.67. The van der Waals surface area contributed by atoms with Crippen molar-refractivity contribution in [1.82, 2.24) is 0 Å². The zero-order chi connectivity index (χ0) is 22.8. The molecule has 0 fully saturated rings. The van der Waals surface area contributed by atoms with Gasteiger partial charge in [0.05, 0.1) is 24.2 Å². The Morgan fingerprint density at radius 1 is 0.788 bits per heavy atom. The van der Waals surface area contributed by atoms with E-state index in [1.165, 1.54) is 21.5 Å². The molecule has 0 saturated carbocycles. The van der Waals surface area contributed by atoms with Crippen molar-refractivity contribution in [1.29, 1.82) is 0 Å². The minimum absolute atomic E-state index is 0.158. The Kier molecular flexibility index (Phi) is 5.41. The van der Waals surface area contributed by atoms with Gasteiger partial charge in [-0.15, -0.1) is 0 Å². The fourth-order valence-electron chi connectivity index (χ4n) is 4.23. The minimum Gasteiger partial charge on any atom is -0.507 e. The number of nitrogens with zero attached hydrogens (tertiary/aromatic N) is 2. The maximum Gasteiger partial charge on any atom is 0.124 e. The van der Waals surface area contributed by atoms with Crippen LogP contribution in [0.2, 0.25) is 0 Å². The van der Waals surface area contributed by atoms with Crippen LogP contribution in [-0.4, -0.2) is 25.5 Å². The van der Waals surface area contributed by atoms with Crippen LogP contribution in [0.3, 0.4) is 0 Å². The molecule has 0 spiro atoms. The third kappa shape index (κ3) is 3.87. The molecule has 33 heavy (non-hydrogen) atoms. The Hall–Kier alpha value is -4.31. The highest BCUT2D eigenvalue weighted by atomic mass is 16.5. The van der Waals surface area contributed by atoms with E-state index >= 15 is 0 Å². The third-order valence-electron chi connectivity index (χ3n) is 5.90. The molecular weight excluding hydrogens is 408 g/mol. The van der Waals surface area contributed by atoms with Crippen LogP contribution in [0, 0.1) is 0 Å². The number of aromatic hydroxyl groups is 1. The highest BCUT2D eigenvalue weighted by Gasteiger charge is 2.15. The molecule has 0 aromatic heterocycles.